The molecule has 16 nitrogen and oxygen atoms in total. The van der Waals surface area contributed by atoms with Crippen LogP contribution in [0.2, 0.25) is 0 Å². The smallest absolute Gasteiger partial charge is 0.304 e. The van der Waals surface area contributed by atoms with Crippen LogP contribution in [0.3, 0.4) is 0 Å². The molecule has 0 aliphatic carbocycles. The van der Waals surface area contributed by atoms with E-state index in [0.29, 0.717) is 61.4 Å². The molecule has 4 atom stereocenters. The van der Waals surface area contributed by atoms with Gasteiger partial charge in [-0.25, -0.2) is 0 Å². The number of aromatic nitrogens is 4. The molecule has 0 saturated carbocycles. The zero-order valence-corrected chi connectivity index (χ0v) is 31.6. The molecular weight excluding hydrogens is 728 g/mol. The second-order valence-electron chi connectivity index (χ2n) is 15.3. The summed E-state index contributed by atoms with van der Waals surface area (Å²) >= 11 is 0. The normalized spacial score (nSPS) is 20.4. The van der Waals surface area contributed by atoms with Gasteiger partial charge in [-0.3, -0.25) is 38.7 Å². The van der Waals surface area contributed by atoms with Gasteiger partial charge in [0.2, 0.25) is 0 Å². The highest BCUT2D eigenvalue weighted by molar-refractivity contribution is 5.81. The highest BCUT2D eigenvalue weighted by atomic mass is 16.4. The molecule has 0 saturated heterocycles. The Kier molecular flexibility index (Phi) is 11.7. The molecule has 0 radical (unpaired) electrons. The van der Waals surface area contributed by atoms with Crippen LogP contribution in [-0.4, -0.2) is 86.4 Å². The molecule has 2 aliphatic rings. The second kappa shape index (κ2) is 16.0. The summed E-state index contributed by atoms with van der Waals surface area (Å²) in [7, 11) is 0. The molecule has 5 rings (SSSR count). The molecule has 8 bridgehead atoms. The summed E-state index contributed by atoms with van der Waals surface area (Å²) in [5, 5.41) is 59.1. The summed E-state index contributed by atoms with van der Waals surface area (Å²) in [6.45, 7) is 6.94. The van der Waals surface area contributed by atoms with Crippen LogP contribution in [0.15, 0.2) is 24.3 Å². The van der Waals surface area contributed by atoms with Crippen molar-refractivity contribution in [2.75, 3.05) is 0 Å². The Morgan fingerprint density at radius 2 is 0.911 bits per heavy atom. The Bertz CT molecular complexity index is 2290. The number of hydrogen-bond donors (Lipinski definition) is 8. The number of carboxylic acid groups (broad SMARTS) is 6. The highest BCUT2D eigenvalue weighted by Crippen LogP contribution is 2.51. The molecule has 0 aromatic carbocycles. The van der Waals surface area contributed by atoms with Gasteiger partial charge < -0.3 is 40.6 Å². The van der Waals surface area contributed by atoms with E-state index in [1.165, 1.54) is 0 Å². The fourth-order valence-corrected chi connectivity index (χ4v) is 8.45. The van der Waals surface area contributed by atoms with Crippen LogP contribution in [0.25, 0.3) is 22.1 Å². The number of carbonyl (C=O) groups is 6. The van der Waals surface area contributed by atoms with Crippen LogP contribution in [-0.2, 0) is 52.4 Å². The monoisotopic (exact) mass is 774 g/mol. The van der Waals surface area contributed by atoms with Crippen molar-refractivity contribution < 1.29 is 59.4 Å². The third-order valence-corrected chi connectivity index (χ3v) is 11.5. The van der Waals surface area contributed by atoms with E-state index < -0.39 is 71.3 Å². The van der Waals surface area contributed by atoms with Gasteiger partial charge in [0.25, 0.3) is 0 Å². The van der Waals surface area contributed by atoms with Gasteiger partial charge in [-0.1, -0.05) is 13.8 Å². The SMILES string of the molecule is Cc1c(CCC(=O)O)c2cc3[nH]c(cc4nc(cc5nc(cc1[nH]2)[C@@H](CCC(=O)O)[C@]5(C)CC(=O)O)[C@@H](CCC(=O)O)[C@]4(C)CC(=O)O)c(C)c3CCC(=O)O. The molecular formula is C40H46N4O12. The van der Waals surface area contributed by atoms with Crippen molar-refractivity contribution in [3.63, 3.8) is 0 Å². The van der Waals surface area contributed by atoms with E-state index in [0.717, 1.165) is 0 Å². The molecule has 0 unspecified atom stereocenters. The standard InChI is InChI=1S/C40H46N4O12/c1-19-21(5-9-33(45)46)27-14-28-22(6-10-34(47)48)20(2)26(42-28)15-31-40(4,18-38(55)56)24(8-12-36(51)52)30(44-31)16-32-39(3,17-37(53)54)23(7-11-35(49)50)29(43-32)13-25(19)41-27/h13-16,23-24,41-42H,5-12,17-18H2,1-4H3,(H,45,46)(H,47,48)(H,49,50)(H,51,52)(H,53,54)(H,55,56)/t23-,24-,39+,40+/m1/s1. The summed E-state index contributed by atoms with van der Waals surface area (Å²) in [5.74, 6) is -8.13. The minimum Gasteiger partial charge on any atom is -0.481 e. The van der Waals surface area contributed by atoms with Gasteiger partial charge >= 0.3 is 35.8 Å². The molecule has 3 aromatic heterocycles. The second-order valence-corrected chi connectivity index (χ2v) is 15.3. The first-order valence-corrected chi connectivity index (χ1v) is 18.3. The Balaban J connectivity index is 2.00. The quantitative estimate of drug-likeness (QED) is 0.0863. The first-order valence-electron chi connectivity index (χ1n) is 18.3. The maximum Gasteiger partial charge on any atom is 0.304 e. The van der Waals surface area contributed by atoms with E-state index in [1.807, 2.05) is 0 Å². The number of carboxylic acids is 6. The predicted molar refractivity (Wildman–Crippen MR) is 201 cm³/mol. The van der Waals surface area contributed by atoms with Crippen LogP contribution in [0, 0.1) is 13.8 Å². The lowest BCUT2D eigenvalue weighted by atomic mass is 9.69. The lowest BCUT2D eigenvalue weighted by Gasteiger charge is -2.31. The van der Waals surface area contributed by atoms with Gasteiger partial charge in [0.15, 0.2) is 0 Å². The summed E-state index contributed by atoms with van der Waals surface area (Å²) in [6, 6.07) is 6.71. The molecule has 3 aromatic rings. The van der Waals surface area contributed by atoms with Gasteiger partial charge in [-0.05, 0) is 86.1 Å². The lowest BCUT2D eigenvalue weighted by molar-refractivity contribution is -0.140. The number of nitrogens with zero attached hydrogens (tertiary/aromatic N) is 2. The number of rotatable bonds is 16. The zero-order valence-electron chi connectivity index (χ0n) is 31.6. The number of hydrogen-bond acceptors (Lipinski definition) is 8. The summed E-state index contributed by atoms with van der Waals surface area (Å²) < 4.78 is 0. The molecule has 0 amide bonds. The van der Waals surface area contributed by atoms with Crippen molar-refractivity contribution in [1.82, 2.24) is 19.9 Å². The van der Waals surface area contributed by atoms with Crippen molar-refractivity contribution >= 4 is 57.9 Å². The molecule has 5 heterocycles. The molecule has 56 heavy (non-hydrogen) atoms. The largest absolute Gasteiger partial charge is 0.481 e. The van der Waals surface area contributed by atoms with Gasteiger partial charge in [0.05, 0.1) is 12.8 Å². The zero-order chi connectivity index (χ0) is 41.3. The first kappa shape index (κ1) is 41.1. The van der Waals surface area contributed by atoms with Crippen molar-refractivity contribution in [2.24, 2.45) is 0 Å². The van der Waals surface area contributed by atoms with Gasteiger partial charge in [-0.15, -0.1) is 0 Å². The van der Waals surface area contributed by atoms with E-state index in [9.17, 15) is 59.4 Å². The van der Waals surface area contributed by atoms with Crippen molar-refractivity contribution in [1.29, 1.82) is 0 Å². The summed E-state index contributed by atoms with van der Waals surface area (Å²) in [5.41, 5.74) is 3.35. The fraction of sp³-hybridized carbons (Fsp3) is 0.450. The molecule has 0 fully saturated rings. The summed E-state index contributed by atoms with van der Waals surface area (Å²) in [6.07, 6.45) is -1.73. The van der Waals surface area contributed by atoms with E-state index in [2.05, 4.69) is 9.97 Å². The average molecular weight is 775 g/mol. The Morgan fingerprint density at radius 1 is 0.536 bits per heavy atom. The van der Waals surface area contributed by atoms with Gasteiger partial charge in [0.1, 0.15) is 0 Å². The number of aryl methyl sites for hydroxylation is 4. The molecule has 8 N–H and O–H groups in total. The number of aliphatic carboxylic acids is 6. The van der Waals surface area contributed by atoms with E-state index in [4.69, 9.17) is 9.97 Å². The van der Waals surface area contributed by atoms with Crippen LogP contribution >= 0.6 is 0 Å². The fourth-order valence-electron chi connectivity index (χ4n) is 8.45. The van der Waals surface area contributed by atoms with Crippen LogP contribution in [0.4, 0.5) is 0 Å². The lowest BCUT2D eigenvalue weighted by Crippen LogP contribution is -2.31. The molecule has 298 valence electrons. The van der Waals surface area contributed by atoms with Crippen molar-refractivity contribution in [3.05, 3.63) is 69.3 Å². The van der Waals surface area contributed by atoms with E-state index in [1.54, 1.807) is 52.0 Å². The highest BCUT2D eigenvalue weighted by Gasteiger charge is 2.48. The maximum atomic E-state index is 12.5. The van der Waals surface area contributed by atoms with Crippen LogP contribution < -0.4 is 0 Å². The van der Waals surface area contributed by atoms with Crippen LogP contribution in [0.5, 0.6) is 0 Å². The number of nitrogens with one attached hydrogen (secondary N) is 2. The van der Waals surface area contributed by atoms with Gasteiger partial charge in [-0.2, -0.15) is 0 Å². The Hall–Kier alpha value is -6.06. The molecule has 16 heteroatoms. The van der Waals surface area contributed by atoms with Crippen LogP contribution in [0.1, 0.15) is 122 Å². The molecule has 2 aliphatic heterocycles. The Labute approximate surface area is 320 Å². The average Bonchev–Trinajstić information content (AvgIpc) is 3.70. The molecule has 0 spiro atoms. The number of fused-ring (bicyclic) bond motifs is 8. The van der Waals surface area contributed by atoms with Crippen molar-refractivity contribution in [3.8, 4) is 0 Å². The first-order chi connectivity index (χ1) is 26.2. The minimum absolute atomic E-state index is 0.00434. The van der Waals surface area contributed by atoms with E-state index >= 15 is 0 Å². The topological polar surface area (TPSA) is 281 Å². The minimum atomic E-state index is -1.29. The van der Waals surface area contributed by atoms with Crippen molar-refractivity contribution in [2.45, 2.75) is 115 Å². The summed E-state index contributed by atoms with van der Waals surface area (Å²) in [4.78, 5) is 88.9. The van der Waals surface area contributed by atoms with Gasteiger partial charge in [0, 0.05) is 93.2 Å². The predicted octanol–water partition coefficient (Wildman–Crippen LogP) is 5.73. The Morgan fingerprint density at radius 3 is 1.30 bits per heavy atom. The third kappa shape index (κ3) is 8.43. The number of H-pyrrole nitrogens is 2. The van der Waals surface area contributed by atoms with E-state index in [-0.39, 0.29) is 57.1 Å². The number of aromatic amines is 2. The maximum absolute atomic E-state index is 12.5. The third-order valence-electron chi connectivity index (χ3n) is 11.5.